The van der Waals surface area contributed by atoms with Gasteiger partial charge in [0.1, 0.15) is 17.3 Å². The highest BCUT2D eigenvalue weighted by molar-refractivity contribution is 5.98. The molecule has 3 heterocycles. The lowest BCUT2D eigenvalue weighted by atomic mass is 9.96. The summed E-state index contributed by atoms with van der Waals surface area (Å²) in [6, 6.07) is 5.85. The standard InChI is InChI=1S/C24H33N5O4/c1-31-18-14-20-23(21(15-18)33-17-4-2-5-17)19(25)16-22(26-20)27-6-3-7-28(9-8-27)24(30)29-10-12-32-13-11-29/h14-17H,2-13H2,1H3,(H2,25,26). The molecule has 9 nitrogen and oxygen atoms in total. The molecule has 178 valence electrons. The monoisotopic (exact) mass is 455 g/mol. The first-order chi connectivity index (χ1) is 16.1. The minimum atomic E-state index is 0.105. The van der Waals surface area contributed by atoms with Crippen molar-refractivity contribution >= 4 is 28.4 Å². The van der Waals surface area contributed by atoms with Gasteiger partial charge in [-0.25, -0.2) is 9.78 Å². The third-order valence-corrected chi connectivity index (χ3v) is 6.82. The number of morpholine rings is 1. The molecule has 1 saturated carbocycles. The number of hydrogen-bond donors (Lipinski definition) is 1. The summed E-state index contributed by atoms with van der Waals surface area (Å²) in [5, 5.41) is 0.838. The summed E-state index contributed by atoms with van der Waals surface area (Å²) in [4.78, 5) is 23.9. The summed E-state index contributed by atoms with van der Waals surface area (Å²) in [7, 11) is 1.65. The number of fused-ring (bicyclic) bond motifs is 1. The Balaban J connectivity index is 1.36. The number of pyridine rings is 1. The van der Waals surface area contributed by atoms with Crippen LogP contribution in [0, 0.1) is 0 Å². The van der Waals surface area contributed by atoms with E-state index in [1.54, 1.807) is 7.11 Å². The SMILES string of the molecule is COc1cc(OC2CCC2)c2c(N)cc(N3CCCN(C(=O)N4CCOCC4)CC3)nc2c1. The summed E-state index contributed by atoms with van der Waals surface area (Å²) in [5.74, 6) is 2.27. The summed E-state index contributed by atoms with van der Waals surface area (Å²) in [6.07, 6.45) is 4.45. The predicted octanol–water partition coefficient (Wildman–Crippen LogP) is 2.72. The molecule has 2 aliphatic heterocycles. The number of ether oxygens (including phenoxy) is 3. The smallest absolute Gasteiger partial charge is 0.320 e. The van der Waals surface area contributed by atoms with E-state index in [0.717, 1.165) is 54.8 Å². The Morgan fingerprint density at radius 3 is 2.55 bits per heavy atom. The highest BCUT2D eigenvalue weighted by Gasteiger charge is 2.26. The molecule has 0 unspecified atom stereocenters. The van der Waals surface area contributed by atoms with E-state index >= 15 is 0 Å². The van der Waals surface area contributed by atoms with Crippen LogP contribution in [0.3, 0.4) is 0 Å². The van der Waals surface area contributed by atoms with E-state index in [0.29, 0.717) is 50.8 Å². The van der Waals surface area contributed by atoms with Gasteiger partial charge in [-0.05, 0) is 25.7 Å². The van der Waals surface area contributed by atoms with Crippen LogP contribution in [-0.4, -0.2) is 86.5 Å². The average Bonchev–Trinajstić information content (AvgIpc) is 3.07. The molecule has 2 aromatic rings. The number of carbonyl (C=O) groups is 1. The van der Waals surface area contributed by atoms with Crippen molar-refractivity contribution in [1.82, 2.24) is 14.8 Å². The lowest BCUT2D eigenvalue weighted by molar-refractivity contribution is 0.0438. The quantitative estimate of drug-likeness (QED) is 0.758. The molecule has 1 aromatic heterocycles. The van der Waals surface area contributed by atoms with Gasteiger partial charge >= 0.3 is 6.03 Å². The molecule has 5 rings (SSSR count). The molecule has 9 heteroatoms. The van der Waals surface area contributed by atoms with Gasteiger partial charge in [0, 0.05) is 63.2 Å². The Labute approximate surface area is 194 Å². The Kier molecular flexibility index (Phi) is 6.30. The van der Waals surface area contributed by atoms with Crippen molar-refractivity contribution in [2.24, 2.45) is 0 Å². The van der Waals surface area contributed by atoms with Gasteiger partial charge in [0.15, 0.2) is 0 Å². The first kappa shape index (κ1) is 21.9. The number of aromatic nitrogens is 1. The number of nitrogens with two attached hydrogens (primary N) is 1. The lowest BCUT2D eigenvalue weighted by Gasteiger charge is -2.32. The zero-order valence-electron chi connectivity index (χ0n) is 19.3. The lowest BCUT2D eigenvalue weighted by Crippen LogP contribution is -2.49. The number of methoxy groups -OCH3 is 1. The Hall–Kier alpha value is -2.94. The molecule has 1 aliphatic carbocycles. The number of urea groups is 1. The fraction of sp³-hybridized carbons (Fsp3) is 0.583. The van der Waals surface area contributed by atoms with Gasteiger partial charge in [-0.1, -0.05) is 0 Å². The number of rotatable bonds is 4. The molecule has 1 aromatic carbocycles. The van der Waals surface area contributed by atoms with Crippen molar-refractivity contribution in [3.05, 3.63) is 18.2 Å². The van der Waals surface area contributed by atoms with E-state index in [9.17, 15) is 4.79 Å². The number of benzene rings is 1. The van der Waals surface area contributed by atoms with Gasteiger partial charge in [0.25, 0.3) is 0 Å². The van der Waals surface area contributed by atoms with Crippen molar-refractivity contribution in [2.75, 3.05) is 70.2 Å². The summed E-state index contributed by atoms with van der Waals surface area (Å²) < 4.78 is 17.1. The Morgan fingerprint density at radius 1 is 1.03 bits per heavy atom. The third kappa shape index (κ3) is 4.59. The van der Waals surface area contributed by atoms with Crippen LogP contribution in [0.1, 0.15) is 25.7 Å². The van der Waals surface area contributed by atoms with Gasteiger partial charge in [-0.15, -0.1) is 0 Å². The molecule has 3 fully saturated rings. The molecular weight excluding hydrogens is 422 g/mol. The van der Waals surface area contributed by atoms with Crippen molar-refractivity contribution in [2.45, 2.75) is 31.8 Å². The number of anilines is 2. The van der Waals surface area contributed by atoms with E-state index in [2.05, 4.69) is 4.90 Å². The minimum absolute atomic E-state index is 0.105. The summed E-state index contributed by atoms with van der Waals surface area (Å²) >= 11 is 0. The molecule has 3 aliphatic rings. The maximum Gasteiger partial charge on any atom is 0.320 e. The van der Waals surface area contributed by atoms with Crippen LogP contribution in [0.25, 0.3) is 10.9 Å². The number of amides is 2. The van der Waals surface area contributed by atoms with Crippen LogP contribution in [-0.2, 0) is 4.74 Å². The molecule has 0 atom stereocenters. The Morgan fingerprint density at radius 2 is 1.82 bits per heavy atom. The second-order valence-corrected chi connectivity index (χ2v) is 8.97. The molecule has 0 spiro atoms. The van der Waals surface area contributed by atoms with Crippen molar-refractivity contribution in [3.8, 4) is 11.5 Å². The molecule has 0 bridgehead atoms. The van der Waals surface area contributed by atoms with Crippen LogP contribution in [0.2, 0.25) is 0 Å². The van der Waals surface area contributed by atoms with Crippen molar-refractivity contribution in [1.29, 1.82) is 0 Å². The van der Waals surface area contributed by atoms with Crippen molar-refractivity contribution in [3.63, 3.8) is 0 Å². The molecular formula is C24H33N5O4. The summed E-state index contributed by atoms with van der Waals surface area (Å²) in [6.45, 7) is 5.48. The normalized spacial score (nSPS) is 19.8. The maximum absolute atomic E-state index is 12.9. The van der Waals surface area contributed by atoms with Gasteiger partial charge in [-0.3, -0.25) is 0 Å². The summed E-state index contributed by atoms with van der Waals surface area (Å²) in [5.41, 5.74) is 7.95. The van der Waals surface area contributed by atoms with Gasteiger partial charge < -0.3 is 34.6 Å². The van der Waals surface area contributed by atoms with Crippen LogP contribution in [0.15, 0.2) is 18.2 Å². The maximum atomic E-state index is 12.9. The van der Waals surface area contributed by atoms with Gasteiger partial charge in [0.05, 0.1) is 37.3 Å². The van der Waals surface area contributed by atoms with E-state index in [-0.39, 0.29) is 12.1 Å². The van der Waals surface area contributed by atoms with Crippen LogP contribution in [0.5, 0.6) is 11.5 Å². The van der Waals surface area contributed by atoms with Crippen molar-refractivity contribution < 1.29 is 19.0 Å². The fourth-order valence-electron chi connectivity index (χ4n) is 4.65. The first-order valence-electron chi connectivity index (χ1n) is 11.9. The van der Waals surface area contributed by atoms with Gasteiger partial charge in [0.2, 0.25) is 0 Å². The molecule has 2 amide bonds. The molecule has 33 heavy (non-hydrogen) atoms. The highest BCUT2D eigenvalue weighted by atomic mass is 16.5. The second kappa shape index (κ2) is 9.51. The van der Waals surface area contributed by atoms with E-state index in [1.807, 2.05) is 28.0 Å². The number of carbonyl (C=O) groups excluding carboxylic acids is 1. The number of hydrogen-bond acceptors (Lipinski definition) is 7. The predicted molar refractivity (Wildman–Crippen MR) is 127 cm³/mol. The zero-order valence-corrected chi connectivity index (χ0v) is 19.3. The zero-order chi connectivity index (χ0) is 22.8. The molecule has 2 N–H and O–H groups in total. The van der Waals surface area contributed by atoms with E-state index in [1.165, 1.54) is 6.42 Å². The largest absolute Gasteiger partial charge is 0.497 e. The number of nitrogen functional groups attached to an aromatic ring is 1. The third-order valence-electron chi connectivity index (χ3n) is 6.82. The second-order valence-electron chi connectivity index (χ2n) is 8.97. The van der Waals surface area contributed by atoms with Gasteiger partial charge in [-0.2, -0.15) is 0 Å². The van der Waals surface area contributed by atoms with E-state index < -0.39 is 0 Å². The van der Waals surface area contributed by atoms with Crippen LogP contribution >= 0.6 is 0 Å². The molecule has 2 saturated heterocycles. The minimum Gasteiger partial charge on any atom is -0.497 e. The van der Waals surface area contributed by atoms with Crippen LogP contribution in [0.4, 0.5) is 16.3 Å². The number of nitrogens with zero attached hydrogens (tertiary/aromatic N) is 4. The van der Waals surface area contributed by atoms with E-state index in [4.69, 9.17) is 24.9 Å². The molecule has 0 radical (unpaired) electrons. The van der Waals surface area contributed by atoms with Crippen LogP contribution < -0.4 is 20.1 Å². The fourth-order valence-corrected chi connectivity index (χ4v) is 4.65. The Bertz CT molecular complexity index is 1010. The average molecular weight is 456 g/mol. The topological polar surface area (TPSA) is 93.4 Å². The highest BCUT2D eigenvalue weighted by Crippen LogP contribution is 2.38. The first-order valence-corrected chi connectivity index (χ1v) is 11.9.